The van der Waals surface area contributed by atoms with Crippen LogP contribution < -0.4 is 0 Å². The Hall–Kier alpha value is -2.54. The summed E-state index contributed by atoms with van der Waals surface area (Å²) in [6.07, 6.45) is -12.2. The average Bonchev–Trinajstić information content (AvgIpc) is 3.27. The van der Waals surface area contributed by atoms with Crippen molar-refractivity contribution in [1.29, 1.82) is 0 Å². The third-order valence-electron chi connectivity index (χ3n) is 6.17. The Bertz CT molecular complexity index is 1210. The van der Waals surface area contributed by atoms with Crippen LogP contribution in [-0.4, -0.2) is 255 Å². The molecule has 26 nitrogen and oxygen atoms in total. The Morgan fingerprint density at radius 1 is 0.283 bits per heavy atom. The molecule has 0 heterocycles. The fourth-order valence-electron chi connectivity index (χ4n) is 2.40. The summed E-state index contributed by atoms with van der Waals surface area (Å²) >= 11 is 0. The van der Waals surface area contributed by atoms with Crippen LogP contribution in [0.15, 0.2) is 70.5 Å². The molecular formula is C32H62O26S2. The number of hydrogen-bond acceptors (Lipinski definition) is 24. The predicted molar refractivity (Wildman–Crippen MR) is 203 cm³/mol. The molecular weight excluding hydrogens is 864 g/mol. The Morgan fingerprint density at radius 3 is 0.467 bits per heavy atom. The van der Waals surface area contributed by atoms with Crippen LogP contribution in [0.4, 0.5) is 0 Å². The van der Waals surface area contributed by atoms with E-state index in [1.165, 1.54) is 24.3 Å². The first kappa shape index (κ1) is 66.6. The standard InChI is InChI=1S/2C6H6O3S.5C4H10O4/c2*7-10(8,9)6-4-2-1-3-5-6;5*5-1-3(7)4(8)2-6/h2*1-5H,(H,7,8,9);5*3-8H,1-2H2/t;;5*3-,4+. The van der Waals surface area contributed by atoms with Crippen LogP contribution in [0, 0.1) is 0 Å². The van der Waals surface area contributed by atoms with E-state index in [1.54, 1.807) is 36.4 Å². The second-order valence-electron chi connectivity index (χ2n) is 11.1. The molecule has 0 aromatic heterocycles. The van der Waals surface area contributed by atoms with Crippen molar-refractivity contribution in [3.05, 3.63) is 60.7 Å². The fraction of sp³-hybridized carbons (Fsp3) is 0.625. The molecule has 0 fully saturated rings. The maximum Gasteiger partial charge on any atom is 0.294 e. The van der Waals surface area contributed by atoms with Crippen molar-refractivity contribution >= 4 is 20.2 Å². The molecule has 0 saturated heterocycles. The van der Waals surface area contributed by atoms with E-state index < -0.39 is 147 Å². The lowest BCUT2D eigenvalue weighted by Crippen LogP contribution is -2.31. The van der Waals surface area contributed by atoms with E-state index in [4.69, 9.17) is 111 Å². The van der Waals surface area contributed by atoms with Crippen LogP contribution >= 0.6 is 0 Å². The van der Waals surface area contributed by atoms with Gasteiger partial charge >= 0.3 is 0 Å². The molecule has 22 N–H and O–H groups in total. The molecule has 28 heteroatoms. The number of aliphatic hydroxyl groups is 20. The lowest BCUT2D eigenvalue weighted by Gasteiger charge is -2.10. The predicted octanol–water partition coefficient (Wildman–Crippen LogP) is -9.67. The number of aliphatic hydroxyl groups excluding tert-OH is 20. The minimum absolute atomic E-state index is 0.0741. The van der Waals surface area contributed by atoms with Crippen LogP contribution in [0.2, 0.25) is 0 Å². The topological polar surface area (TPSA) is 513 Å². The molecule has 60 heavy (non-hydrogen) atoms. The minimum Gasteiger partial charge on any atom is -0.394 e. The molecule has 2 rings (SSSR count). The summed E-state index contributed by atoms with van der Waals surface area (Å²) in [6.45, 7) is -5.26. The maximum atomic E-state index is 10.4. The first-order chi connectivity index (χ1) is 27.8. The molecule has 0 radical (unpaired) electrons. The smallest absolute Gasteiger partial charge is 0.294 e. The summed E-state index contributed by atoms with van der Waals surface area (Å²) in [5, 5.41) is 166. The van der Waals surface area contributed by atoms with E-state index in [1.807, 2.05) is 0 Å². The van der Waals surface area contributed by atoms with Crippen LogP contribution in [0.3, 0.4) is 0 Å². The van der Waals surface area contributed by atoms with E-state index in [2.05, 4.69) is 0 Å². The summed E-state index contributed by atoms with van der Waals surface area (Å²) < 4.78 is 58.5. The second-order valence-corrected chi connectivity index (χ2v) is 13.9. The van der Waals surface area contributed by atoms with Crippen molar-refractivity contribution < 1.29 is 128 Å². The third-order valence-corrected chi connectivity index (χ3v) is 7.91. The van der Waals surface area contributed by atoms with Crippen molar-refractivity contribution in [2.24, 2.45) is 0 Å². The summed E-state index contributed by atoms with van der Waals surface area (Å²) in [4.78, 5) is -0.148. The van der Waals surface area contributed by atoms with Crippen molar-refractivity contribution in [2.45, 2.75) is 70.8 Å². The van der Waals surface area contributed by atoms with Gasteiger partial charge in [0, 0.05) is 0 Å². The van der Waals surface area contributed by atoms with Gasteiger partial charge in [-0.25, -0.2) is 0 Å². The summed E-state index contributed by atoms with van der Waals surface area (Å²) in [5.74, 6) is 0. The van der Waals surface area contributed by atoms with Gasteiger partial charge in [0.25, 0.3) is 20.2 Å². The van der Waals surface area contributed by atoms with Crippen molar-refractivity contribution in [3.8, 4) is 0 Å². The number of benzene rings is 2. The lowest BCUT2D eigenvalue weighted by molar-refractivity contribution is -0.0388. The molecule has 2 aromatic carbocycles. The molecule has 0 spiro atoms. The van der Waals surface area contributed by atoms with Crippen molar-refractivity contribution in [3.63, 3.8) is 0 Å². The molecule has 0 bridgehead atoms. The molecule has 0 aliphatic heterocycles. The van der Waals surface area contributed by atoms with Gasteiger partial charge in [-0.2, -0.15) is 16.8 Å². The lowest BCUT2D eigenvalue weighted by atomic mass is 10.2. The highest BCUT2D eigenvalue weighted by molar-refractivity contribution is 7.86. The minimum atomic E-state index is -4.00. The summed E-state index contributed by atoms with van der Waals surface area (Å²) in [6, 6.07) is 14.8. The van der Waals surface area contributed by atoms with Gasteiger partial charge in [-0.1, -0.05) is 36.4 Å². The van der Waals surface area contributed by atoms with E-state index in [0.29, 0.717) is 0 Å². The third kappa shape index (κ3) is 38.4. The van der Waals surface area contributed by atoms with Crippen LogP contribution in [0.25, 0.3) is 0 Å². The quantitative estimate of drug-likeness (QED) is 0.0655. The second kappa shape index (κ2) is 40.5. The van der Waals surface area contributed by atoms with Gasteiger partial charge in [-0.3, -0.25) is 9.11 Å². The average molecular weight is 927 g/mol. The number of hydrogen-bond donors (Lipinski definition) is 22. The zero-order valence-electron chi connectivity index (χ0n) is 31.9. The van der Waals surface area contributed by atoms with Crippen LogP contribution in [0.1, 0.15) is 0 Å². The molecule has 0 unspecified atom stereocenters. The molecule has 0 saturated carbocycles. The Balaban J connectivity index is -0.000000197. The highest BCUT2D eigenvalue weighted by atomic mass is 32.2. The molecule has 358 valence electrons. The first-order valence-corrected chi connectivity index (χ1v) is 19.6. The zero-order chi connectivity index (χ0) is 48.1. The molecule has 2 aromatic rings. The highest BCUT2D eigenvalue weighted by Crippen LogP contribution is 2.06. The van der Waals surface area contributed by atoms with Gasteiger partial charge in [0.2, 0.25) is 0 Å². The monoisotopic (exact) mass is 926 g/mol. The molecule has 10 atom stereocenters. The van der Waals surface area contributed by atoms with Crippen LogP contribution in [0.5, 0.6) is 0 Å². The van der Waals surface area contributed by atoms with E-state index in [-0.39, 0.29) is 9.79 Å². The largest absolute Gasteiger partial charge is 0.394 e. The summed E-state index contributed by atoms with van der Waals surface area (Å²) in [5.41, 5.74) is 0. The summed E-state index contributed by atoms with van der Waals surface area (Å²) in [7, 11) is -8.01. The van der Waals surface area contributed by atoms with Crippen molar-refractivity contribution in [2.75, 3.05) is 66.1 Å². The van der Waals surface area contributed by atoms with E-state index in [0.717, 1.165) is 0 Å². The zero-order valence-corrected chi connectivity index (χ0v) is 33.5. The van der Waals surface area contributed by atoms with Gasteiger partial charge in [0.15, 0.2) is 0 Å². The van der Waals surface area contributed by atoms with Crippen molar-refractivity contribution in [1.82, 2.24) is 0 Å². The molecule has 0 aliphatic carbocycles. The van der Waals surface area contributed by atoms with Crippen LogP contribution in [-0.2, 0) is 20.2 Å². The SMILES string of the molecule is O=S(=O)(O)c1ccccc1.O=S(=O)(O)c1ccccc1.OC[C@@H](O)[C@@H](O)CO.OC[C@@H](O)[C@@H](O)CO.OC[C@@H](O)[C@@H](O)CO.OC[C@@H](O)[C@@H](O)CO.OC[C@@H](O)[C@@H](O)CO. The Morgan fingerprint density at radius 2 is 0.400 bits per heavy atom. The number of rotatable bonds is 17. The van der Waals surface area contributed by atoms with Gasteiger partial charge in [0.05, 0.1) is 75.9 Å². The molecule has 0 amide bonds. The normalized spacial score (nSPS) is 15.8. The Kier molecular flexibility index (Phi) is 45.0. The van der Waals surface area contributed by atoms with Gasteiger partial charge in [0.1, 0.15) is 61.0 Å². The Labute approximate surface area is 345 Å². The van der Waals surface area contributed by atoms with E-state index >= 15 is 0 Å². The maximum absolute atomic E-state index is 10.4. The first-order valence-electron chi connectivity index (χ1n) is 16.8. The molecule has 0 aliphatic rings. The fourth-order valence-corrected chi connectivity index (χ4v) is 3.40. The van der Waals surface area contributed by atoms with E-state index in [9.17, 15) is 16.8 Å². The van der Waals surface area contributed by atoms with Gasteiger partial charge < -0.3 is 102 Å². The highest BCUT2D eigenvalue weighted by Gasteiger charge is 2.15. The van der Waals surface area contributed by atoms with Gasteiger partial charge in [-0.15, -0.1) is 0 Å². The van der Waals surface area contributed by atoms with Gasteiger partial charge in [-0.05, 0) is 24.3 Å².